The third-order valence-electron chi connectivity index (χ3n) is 5.18. The summed E-state index contributed by atoms with van der Waals surface area (Å²) >= 11 is 0. The second-order valence-electron chi connectivity index (χ2n) is 7.10. The fourth-order valence-corrected chi connectivity index (χ4v) is 3.64. The maximum absolute atomic E-state index is 13.3. The van der Waals surface area contributed by atoms with Crippen molar-refractivity contribution in [3.8, 4) is 11.5 Å². The highest BCUT2D eigenvalue weighted by Crippen LogP contribution is 2.43. The van der Waals surface area contributed by atoms with E-state index in [1.165, 1.54) is 31.3 Å². The van der Waals surface area contributed by atoms with Crippen molar-refractivity contribution in [1.82, 2.24) is 4.90 Å². The number of halogens is 1. The van der Waals surface area contributed by atoms with Crippen molar-refractivity contribution in [3.05, 3.63) is 65.0 Å². The number of amides is 1. The normalized spacial score (nSPS) is 17.5. The number of carboxylic acid groups (broad SMARTS) is 1. The molecular weight excluding hydrogens is 421 g/mol. The predicted octanol–water partition coefficient (Wildman–Crippen LogP) is 3.13. The zero-order chi connectivity index (χ0) is 23.4. The standard InChI is InChI=1S/C23H22FNO7/c1-31-15-9-10-16(17(12-15)32-2)20-19(21(28)13-5-7-14(24)8-6-13)22(29)23(30)25(20)11-3-4-18(26)27/h5-10,12,20,28H,3-4,11H2,1-2H3,(H,26,27)/t20-/m0/s1. The number of nitrogens with zero attached hydrogens (tertiary/aromatic N) is 1. The first-order valence-electron chi connectivity index (χ1n) is 9.76. The van der Waals surface area contributed by atoms with Crippen LogP contribution in [0.2, 0.25) is 0 Å². The molecule has 32 heavy (non-hydrogen) atoms. The Balaban J connectivity index is 2.17. The topological polar surface area (TPSA) is 113 Å². The second kappa shape index (κ2) is 9.51. The molecule has 1 amide bonds. The minimum absolute atomic E-state index is 0.0308. The number of benzene rings is 2. The molecule has 1 saturated heterocycles. The van der Waals surface area contributed by atoms with E-state index in [2.05, 4.69) is 0 Å². The molecular formula is C23H22FNO7. The van der Waals surface area contributed by atoms with Crippen LogP contribution in [0.5, 0.6) is 11.5 Å². The number of ether oxygens (including phenoxy) is 2. The molecule has 0 unspecified atom stereocenters. The minimum Gasteiger partial charge on any atom is -0.507 e. The molecule has 0 aromatic heterocycles. The molecule has 168 valence electrons. The molecule has 0 radical (unpaired) electrons. The van der Waals surface area contributed by atoms with E-state index in [-0.39, 0.29) is 30.5 Å². The van der Waals surface area contributed by atoms with Crippen molar-refractivity contribution in [2.45, 2.75) is 18.9 Å². The highest BCUT2D eigenvalue weighted by Gasteiger charge is 2.46. The first kappa shape index (κ1) is 22.8. The van der Waals surface area contributed by atoms with Crippen molar-refractivity contribution >= 4 is 23.4 Å². The molecule has 2 aromatic carbocycles. The highest BCUT2D eigenvalue weighted by molar-refractivity contribution is 6.46. The number of rotatable bonds is 8. The number of hydrogen-bond acceptors (Lipinski definition) is 6. The van der Waals surface area contributed by atoms with Gasteiger partial charge in [0, 0.05) is 30.2 Å². The number of Topliss-reactive ketones (excluding diaryl/α,β-unsaturated/α-hetero) is 1. The monoisotopic (exact) mass is 443 g/mol. The van der Waals surface area contributed by atoms with Crippen molar-refractivity contribution in [2.24, 2.45) is 0 Å². The number of ketones is 1. The van der Waals surface area contributed by atoms with Crippen molar-refractivity contribution < 1.29 is 38.5 Å². The Kier molecular flexibility index (Phi) is 6.77. The Morgan fingerprint density at radius 3 is 2.34 bits per heavy atom. The van der Waals surface area contributed by atoms with Gasteiger partial charge >= 0.3 is 5.97 Å². The fraction of sp³-hybridized carbons (Fsp3) is 0.261. The lowest BCUT2D eigenvalue weighted by Gasteiger charge is -2.26. The minimum atomic E-state index is -1.04. The van der Waals surface area contributed by atoms with Crippen LogP contribution in [0.3, 0.4) is 0 Å². The highest BCUT2D eigenvalue weighted by atomic mass is 19.1. The van der Waals surface area contributed by atoms with Crippen molar-refractivity contribution in [2.75, 3.05) is 20.8 Å². The van der Waals surface area contributed by atoms with E-state index in [9.17, 15) is 23.9 Å². The third-order valence-corrected chi connectivity index (χ3v) is 5.18. The second-order valence-corrected chi connectivity index (χ2v) is 7.10. The molecule has 0 spiro atoms. The summed E-state index contributed by atoms with van der Waals surface area (Å²) < 4.78 is 24.0. The summed E-state index contributed by atoms with van der Waals surface area (Å²) in [4.78, 5) is 37.9. The number of carboxylic acids is 1. The Hall–Kier alpha value is -3.88. The smallest absolute Gasteiger partial charge is 0.303 e. The molecule has 1 fully saturated rings. The van der Waals surface area contributed by atoms with Crippen LogP contribution in [0.4, 0.5) is 4.39 Å². The van der Waals surface area contributed by atoms with Crippen LogP contribution in [0.1, 0.15) is 30.0 Å². The van der Waals surface area contributed by atoms with Crippen molar-refractivity contribution in [1.29, 1.82) is 0 Å². The third kappa shape index (κ3) is 4.41. The molecule has 1 aliphatic heterocycles. The number of carbonyl (C=O) groups is 3. The van der Waals surface area contributed by atoms with Gasteiger partial charge in [-0.2, -0.15) is 0 Å². The van der Waals surface area contributed by atoms with E-state index in [1.54, 1.807) is 18.2 Å². The van der Waals surface area contributed by atoms with Crippen LogP contribution in [0.25, 0.3) is 5.76 Å². The maximum Gasteiger partial charge on any atom is 0.303 e. The molecule has 0 aliphatic carbocycles. The van der Waals surface area contributed by atoms with Crippen LogP contribution >= 0.6 is 0 Å². The van der Waals surface area contributed by atoms with Crippen LogP contribution in [0, 0.1) is 5.82 Å². The Labute approximate surface area is 183 Å². The summed E-state index contributed by atoms with van der Waals surface area (Å²) in [5, 5.41) is 19.9. The lowest BCUT2D eigenvalue weighted by Crippen LogP contribution is -2.31. The first-order chi connectivity index (χ1) is 15.3. The number of aliphatic carboxylic acids is 1. The summed E-state index contributed by atoms with van der Waals surface area (Å²) in [7, 11) is 2.88. The zero-order valence-corrected chi connectivity index (χ0v) is 17.5. The number of likely N-dealkylation sites (tertiary alicyclic amines) is 1. The molecule has 1 heterocycles. The largest absolute Gasteiger partial charge is 0.507 e. The van der Waals surface area contributed by atoms with Gasteiger partial charge in [0.15, 0.2) is 0 Å². The Morgan fingerprint density at radius 1 is 1.06 bits per heavy atom. The van der Waals surface area contributed by atoms with E-state index in [4.69, 9.17) is 14.6 Å². The first-order valence-corrected chi connectivity index (χ1v) is 9.76. The fourth-order valence-electron chi connectivity index (χ4n) is 3.64. The summed E-state index contributed by atoms with van der Waals surface area (Å²) in [6, 6.07) is 8.61. The van der Waals surface area contributed by atoms with Gasteiger partial charge in [-0.1, -0.05) is 0 Å². The number of aliphatic hydroxyl groups is 1. The van der Waals surface area contributed by atoms with Gasteiger partial charge in [0.05, 0.1) is 25.8 Å². The predicted molar refractivity (Wildman–Crippen MR) is 112 cm³/mol. The molecule has 2 N–H and O–H groups in total. The zero-order valence-electron chi connectivity index (χ0n) is 17.5. The summed E-state index contributed by atoms with van der Waals surface area (Å²) in [5.74, 6) is -3.04. The summed E-state index contributed by atoms with van der Waals surface area (Å²) in [6.07, 6.45) is -0.0959. The Bertz CT molecular complexity index is 1080. The quantitative estimate of drug-likeness (QED) is 0.366. The Morgan fingerprint density at radius 2 is 1.75 bits per heavy atom. The molecule has 9 heteroatoms. The number of carbonyl (C=O) groups excluding carboxylic acids is 2. The molecule has 0 bridgehead atoms. The van der Waals surface area contributed by atoms with Crippen LogP contribution in [-0.4, -0.2) is 53.5 Å². The maximum atomic E-state index is 13.3. The average Bonchev–Trinajstić information content (AvgIpc) is 3.03. The molecule has 3 rings (SSSR count). The number of aliphatic hydroxyl groups excluding tert-OH is 1. The molecule has 0 saturated carbocycles. The van der Waals surface area contributed by atoms with Gasteiger partial charge in [-0.15, -0.1) is 0 Å². The van der Waals surface area contributed by atoms with E-state index in [1.807, 2.05) is 0 Å². The van der Waals surface area contributed by atoms with Crippen molar-refractivity contribution in [3.63, 3.8) is 0 Å². The van der Waals surface area contributed by atoms with E-state index in [0.29, 0.717) is 17.1 Å². The summed E-state index contributed by atoms with van der Waals surface area (Å²) in [6.45, 7) is -0.0308. The average molecular weight is 443 g/mol. The van der Waals surface area contributed by atoms with E-state index in [0.717, 1.165) is 12.1 Å². The van der Waals surface area contributed by atoms with Crippen LogP contribution in [-0.2, 0) is 14.4 Å². The molecule has 1 atom stereocenters. The van der Waals surface area contributed by atoms with Crippen LogP contribution < -0.4 is 9.47 Å². The number of hydrogen-bond donors (Lipinski definition) is 2. The molecule has 1 aliphatic rings. The molecule has 2 aromatic rings. The van der Waals surface area contributed by atoms with E-state index < -0.39 is 35.3 Å². The lowest BCUT2D eigenvalue weighted by atomic mass is 9.94. The number of methoxy groups -OCH3 is 2. The molecule has 8 nitrogen and oxygen atoms in total. The summed E-state index contributed by atoms with van der Waals surface area (Å²) in [5.41, 5.74) is 0.374. The van der Waals surface area contributed by atoms with E-state index >= 15 is 0 Å². The van der Waals surface area contributed by atoms with Gasteiger partial charge in [-0.25, -0.2) is 4.39 Å². The van der Waals surface area contributed by atoms with Gasteiger partial charge in [0.2, 0.25) is 0 Å². The van der Waals surface area contributed by atoms with Crippen LogP contribution in [0.15, 0.2) is 48.0 Å². The van der Waals surface area contributed by atoms with Gasteiger partial charge in [-0.05, 0) is 42.8 Å². The SMILES string of the molecule is COc1ccc([C@H]2C(=C(O)c3ccc(F)cc3)C(=O)C(=O)N2CCCC(=O)O)c(OC)c1. The van der Waals surface area contributed by atoms with Gasteiger partial charge < -0.3 is 24.6 Å². The van der Waals surface area contributed by atoms with Gasteiger partial charge in [0.1, 0.15) is 23.1 Å². The van der Waals surface area contributed by atoms with Gasteiger partial charge in [0.25, 0.3) is 11.7 Å². The lowest BCUT2D eigenvalue weighted by molar-refractivity contribution is -0.140. The van der Waals surface area contributed by atoms with Gasteiger partial charge in [-0.3, -0.25) is 14.4 Å².